The molecule has 96 valence electrons. The molecule has 1 aromatic heterocycles. The molecule has 0 radical (unpaired) electrons. The average molecular weight is 265 g/mol. The third-order valence-corrected chi connectivity index (χ3v) is 4.29. The maximum absolute atomic E-state index is 12.4. The first-order chi connectivity index (χ1) is 8.75. The minimum atomic E-state index is -0.108. The molecule has 1 saturated carbocycles. The molecule has 2 atom stereocenters. The Morgan fingerprint density at radius 1 is 1.44 bits per heavy atom. The molecule has 1 aliphatic carbocycles. The molecular formula is C12H15N3O2S. The molecule has 1 saturated heterocycles. The largest absolute Gasteiger partial charge is 0.350 e. The van der Waals surface area contributed by atoms with Crippen LogP contribution in [0.5, 0.6) is 0 Å². The van der Waals surface area contributed by atoms with Gasteiger partial charge in [0.2, 0.25) is 5.91 Å². The van der Waals surface area contributed by atoms with Gasteiger partial charge in [-0.1, -0.05) is 12.8 Å². The van der Waals surface area contributed by atoms with E-state index in [1.165, 1.54) is 11.3 Å². The smallest absolute Gasteiger partial charge is 0.274 e. The monoisotopic (exact) mass is 265 g/mol. The standard InChI is InChI=1S/C12H15N3O2S/c16-11-5-15(12(17)9-6-18-7-13-9)10-4-2-1-3-8(10)14-11/h6-8,10H,1-5H2,(H,14,16)/t8-,10-/m1/s1. The molecule has 2 aliphatic rings. The summed E-state index contributed by atoms with van der Waals surface area (Å²) in [6.45, 7) is 0.164. The minimum Gasteiger partial charge on any atom is -0.350 e. The number of hydrogen-bond donors (Lipinski definition) is 1. The Kier molecular flexibility index (Phi) is 3.03. The molecule has 6 heteroatoms. The Morgan fingerprint density at radius 2 is 2.28 bits per heavy atom. The van der Waals surface area contributed by atoms with Crippen molar-refractivity contribution in [1.82, 2.24) is 15.2 Å². The fourth-order valence-electron chi connectivity index (χ4n) is 2.86. The van der Waals surface area contributed by atoms with E-state index in [1.807, 2.05) is 0 Å². The zero-order valence-corrected chi connectivity index (χ0v) is 10.8. The Bertz CT molecular complexity index is 460. The molecule has 0 bridgehead atoms. The maximum Gasteiger partial charge on any atom is 0.274 e. The lowest BCUT2D eigenvalue weighted by molar-refractivity contribution is -0.127. The van der Waals surface area contributed by atoms with Crippen LogP contribution >= 0.6 is 11.3 Å². The van der Waals surface area contributed by atoms with Gasteiger partial charge >= 0.3 is 0 Å². The zero-order chi connectivity index (χ0) is 12.5. The number of thiazole rings is 1. The van der Waals surface area contributed by atoms with E-state index in [1.54, 1.807) is 15.8 Å². The van der Waals surface area contributed by atoms with Gasteiger partial charge in [-0.25, -0.2) is 4.98 Å². The number of nitrogens with one attached hydrogen (secondary N) is 1. The second kappa shape index (κ2) is 4.68. The summed E-state index contributed by atoms with van der Waals surface area (Å²) in [5.41, 5.74) is 2.11. The first kappa shape index (κ1) is 11.6. The van der Waals surface area contributed by atoms with Crippen molar-refractivity contribution in [2.75, 3.05) is 6.54 Å². The van der Waals surface area contributed by atoms with E-state index in [0.29, 0.717) is 5.69 Å². The number of aromatic nitrogens is 1. The SMILES string of the molecule is O=C1CN(C(=O)c2cscn2)[C@@H]2CCCC[C@H]2N1. The fourth-order valence-corrected chi connectivity index (χ4v) is 3.39. The van der Waals surface area contributed by atoms with Crippen molar-refractivity contribution in [1.29, 1.82) is 0 Å². The van der Waals surface area contributed by atoms with Crippen LogP contribution in [0.1, 0.15) is 36.2 Å². The first-order valence-electron chi connectivity index (χ1n) is 6.24. The van der Waals surface area contributed by atoms with Gasteiger partial charge in [-0.15, -0.1) is 11.3 Å². The van der Waals surface area contributed by atoms with Crippen LogP contribution in [0.3, 0.4) is 0 Å². The summed E-state index contributed by atoms with van der Waals surface area (Å²) in [6.07, 6.45) is 4.19. The van der Waals surface area contributed by atoms with Crippen molar-refractivity contribution in [3.63, 3.8) is 0 Å². The van der Waals surface area contributed by atoms with Gasteiger partial charge in [0.15, 0.2) is 0 Å². The molecule has 1 aromatic rings. The van der Waals surface area contributed by atoms with Gasteiger partial charge in [-0.2, -0.15) is 0 Å². The highest BCUT2D eigenvalue weighted by Crippen LogP contribution is 2.26. The summed E-state index contributed by atoms with van der Waals surface area (Å²) in [4.78, 5) is 29.8. The van der Waals surface area contributed by atoms with Crippen LogP contribution in [-0.2, 0) is 4.79 Å². The van der Waals surface area contributed by atoms with Gasteiger partial charge in [-0.05, 0) is 12.8 Å². The van der Waals surface area contributed by atoms with Crippen LogP contribution in [0.4, 0.5) is 0 Å². The van der Waals surface area contributed by atoms with Crippen LogP contribution in [0.2, 0.25) is 0 Å². The van der Waals surface area contributed by atoms with Gasteiger partial charge in [0.25, 0.3) is 5.91 Å². The maximum atomic E-state index is 12.4. The quantitative estimate of drug-likeness (QED) is 0.825. The van der Waals surface area contributed by atoms with E-state index in [9.17, 15) is 9.59 Å². The normalized spacial score (nSPS) is 27.6. The molecule has 2 fully saturated rings. The van der Waals surface area contributed by atoms with Crippen LogP contribution in [0, 0.1) is 0 Å². The number of piperazine rings is 1. The second-order valence-electron chi connectivity index (χ2n) is 4.83. The lowest BCUT2D eigenvalue weighted by Gasteiger charge is -2.43. The topological polar surface area (TPSA) is 62.3 Å². The second-order valence-corrected chi connectivity index (χ2v) is 5.55. The Morgan fingerprint density at radius 3 is 3.06 bits per heavy atom. The van der Waals surface area contributed by atoms with Crippen molar-refractivity contribution in [2.45, 2.75) is 37.8 Å². The predicted molar refractivity (Wildman–Crippen MR) is 67.3 cm³/mol. The van der Waals surface area contributed by atoms with Crippen LogP contribution < -0.4 is 5.32 Å². The van der Waals surface area contributed by atoms with Crippen LogP contribution in [0.25, 0.3) is 0 Å². The number of amides is 2. The number of hydrogen-bond acceptors (Lipinski definition) is 4. The van der Waals surface area contributed by atoms with Crippen molar-refractivity contribution in [3.05, 3.63) is 16.6 Å². The van der Waals surface area contributed by atoms with Gasteiger partial charge in [0, 0.05) is 11.4 Å². The number of carbonyl (C=O) groups is 2. The molecule has 0 spiro atoms. The molecule has 5 nitrogen and oxygen atoms in total. The number of carbonyl (C=O) groups excluding carboxylic acids is 2. The van der Waals surface area contributed by atoms with Gasteiger partial charge < -0.3 is 10.2 Å². The number of nitrogens with zero attached hydrogens (tertiary/aromatic N) is 2. The highest BCUT2D eigenvalue weighted by Gasteiger charge is 2.39. The van der Waals surface area contributed by atoms with Crippen LogP contribution in [0.15, 0.2) is 10.9 Å². The fraction of sp³-hybridized carbons (Fsp3) is 0.583. The highest BCUT2D eigenvalue weighted by molar-refractivity contribution is 7.07. The van der Waals surface area contributed by atoms with Crippen molar-refractivity contribution < 1.29 is 9.59 Å². The van der Waals surface area contributed by atoms with Crippen molar-refractivity contribution in [2.24, 2.45) is 0 Å². The van der Waals surface area contributed by atoms with Gasteiger partial charge in [0.1, 0.15) is 12.2 Å². The van der Waals surface area contributed by atoms with E-state index >= 15 is 0 Å². The molecule has 1 N–H and O–H groups in total. The summed E-state index contributed by atoms with van der Waals surface area (Å²) in [5, 5.41) is 4.74. The van der Waals surface area contributed by atoms with Crippen molar-refractivity contribution >= 4 is 23.2 Å². The Hall–Kier alpha value is -1.43. The Balaban J connectivity index is 1.84. The summed E-state index contributed by atoms with van der Waals surface area (Å²) in [6, 6.07) is 0.272. The summed E-state index contributed by atoms with van der Waals surface area (Å²) in [5.74, 6) is -0.162. The lowest BCUT2D eigenvalue weighted by Crippen LogP contribution is -2.62. The zero-order valence-electron chi connectivity index (χ0n) is 9.96. The van der Waals surface area contributed by atoms with E-state index in [-0.39, 0.29) is 30.4 Å². The van der Waals surface area contributed by atoms with E-state index in [2.05, 4.69) is 10.3 Å². The van der Waals surface area contributed by atoms with E-state index in [0.717, 1.165) is 25.7 Å². The molecule has 3 rings (SSSR count). The predicted octanol–water partition coefficient (Wildman–Crippen LogP) is 1.03. The number of rotatable bonds is 1. The van der Waals surface area contributed by atoms with E-state index in [4.69, 9.17) is 0 Å². The van der Waals surface area contributed by atoms with E-state index < -0.39 is 0 Å². The molecule has 2 heterocycles. The third kappa shape index (κ3) is 2.01. The van der Waals surface area contributed by atoms with Gasteiger partial charge in [0.05, 0.1) is 11.6 Å². The molecule has 0 aromatic carbocycles. The lowest BCUT2D eigenvalue weighted by atomic mass is 9.87. The Labute approximate surface area is 109 Å². The first-order valence-corrected chi connectivity index (χ1v) is 7.18. The van der Waals surface area contributed by atoms with Crippen molar-refractivity contribution in [3.8, 4) is 0 Å². The third-order valence-electron chi connectivity index (χ3n) is 3.70. The molecule has 0 unspecified atom stereocenters. The average Bonchev–Trinajstić information content (AvgIpc) is 2.90. The molecule has 2 amide bonds. The van der Waals surface area contributed by atoms with Gasteiger partial charge in [-0.3, -0.25) is 9.59 Å². The summed E-state index contributed by atoms with van der Waals surface area (Å²) >= 11 is 1.40. The molecule has 18 heavy (non-hydrogen) atoms. The summed E-state index contributed by atoms with van der Waals surface area (Å²) in [7, 11) is 0. The number of fused-ring (bicyclic) bond motifs is 1. The van der Waals surface area contributed by atoms with Crippen LogP contribution in [-0.4, -0.2) is 40.3 Å². The molecular weight excluding hydrogens is 250 g/mol. The minimum absolute atomic E-state index is 0.0540. The highest BCUT2D eigenvalue weighted by atomic mass is 32.1. The summed E-state index contributed by atoms with van der Waals surface area (Å²) < 4.78 is 0. The molecule has 1 aliphatic heterocycles.